The number of aliphatic hydroxyl groups excluding tert-OH is 1. The van der Waals surface area contributed by atoms with Gasteiger partial charge < -0.3 is 29.2 Å². The molecule has 4 rings (SSSR count). The Morgan fingerprint density at radius 3 is 2.38 bits per heavy atom. The van der Waals surface area contributed by atoms with Crippen LogP contribution in [0.4, 0.5) is 0 Å². The highest BCUT2D eigenvalue weighted by Crippen LogP contribution is 2.61. The molecule has 4 aliphatic rings. The molecule has 2 saturated heterocycles. The number of alkyl halides is 1. The summed E-state index contributed by atoms with van der Waals surface area (Å²) in [5.74, 6) is -4.08. The van der Waals surface area contributed by atoms with Crippen LogP contribution in [0.3, 0.4) is 0 Å². The van der Waals surface area contributed by atoms with Crippen LogP contribution < -0.4 is 0 Å². The van der Waals surface area contributed by atoms with Crippen LogP contribution in [0.1, 0.15) is 47.5 Å². The van der Waals surface area contributed by atoms with Crippen molar-refractivity contribution in [2.24, 2.45) is 23.2 Å². The van der Waals surface area contributed by atoms with Crippen LogP contribution in [0, 0.1) is 23.2 Å². The molecule has 2 N–H and O–H groups in total. The van der Waals surface area contributed by atoms with E-state index in [0.29, 0.717) is 18.4 Å². The number of ether oxygens (including phenoxy) is 4. The lowest BCUT2D eigenvalue weighted by atomic mass is 9.53. The Balaban J connectivity index is 1.88. The number of aliphatic hydroxyl groups is 2. The molecule has 0 bridgehead atoms. The summed E-state index contributed by atoms with van der Waals surface area (Å²) in [6, 6.07) is 0. The van der Waals surface area contributed by atoms with E-state index in [1.807, 2.05) is 6.92 Å². The number of fused-ring (bicyclic) bond motifs is 4. The van der Waals surface area contributed by atoms with E-state index in [1.165, 1.54) is 20.8 Å². The minimum absolute atomic E-state index is 0.335. The summed E-state index contributed by atoms with van der Waals surface area (Å²) < 4.78 is 22.8. The van der Waals surface area contributed by atoms with Crippen LogP contribution in [0.25, 0.3) is 0 Å². The lowest BCUT2D eigenvalue weighted by Gasteiger charge is -2.54. The van der Waals surface area contributed by atoms with Crippen molar-refractivity contribution in [3.63, 3.8) is 0 Å². The predicted molar refractivity (Wildman–Crippen MR) is 119 cm³/mol. The van der Waals surface area contributed by atoms with E-state index in [1.54, 1.807) is 6.92 Å². The molecule has 12 unspecified atom stereocenters. The van der Waals surface area contributed by atoms with Crippen LogP contribution in [0.2, 0.25) is 0 Å². The summed E-state index contributed by atoms with van der Waals surface area (Å²) in [6.07, 6.45) is -4.45. The van der Waals surface area contributed by atoms with Crippen molar-refractivity contribution in [3.05, 3.63) is 12.2 Å². The first-order valence-electron chi connectivity index (χ1n) is 11.7. The Hall–Kier alpha value is -1.68. The highest BCUT2D eigenvalue weighted by molar-refractivity contribution is 6.23. The van der Waals surface area contributed by atoms with E-state index in [9.17, 15) is 24.6 Å². The Morgan fingerprint density at radius 2 is 1.79 bits per heavy atom. The highest BCUT2D eigenvalue weighted by atomic mass is 35.5. The number of rotatable bonds is 2. The summed E-state index contributed by atoms with van der Waals surface area (Å²) in [5.41, 5.74) is -2.54. The van der Waals surface area contributed by atoms with Crippen LogP contribution in [-0.2, 0) is 33.3 Å². The number of epoxide rings is 1. The lowest BCUT2D eigenvalue weighted by Crippen LogP contribution is -2.67. The van der Waals surface area contributed by atoms with Crippen LogP contribution in [0.5, 0.6) is 0 Å². The molecule has 0 aromatic carbocycles. The lowest BCUT2D eigenvalue weighted by molar-refractivity contribution is -0.214. The van der Waals surface area contributed by atoms with Crippen molar-refractivity contribution in [3.8, 4) is 0 Å². The average molecular weight is 501 g/mol. The topological polar surface area (TPSA) is 132 Å². The molecule has 0 amide bonds. The van der Waals surface area contributed by atoms with Crippen molar-refractivity contribution in [1.82, 2.24) is 0 Å². The number of halogens is 1. The third-order valence-electron chi connectivity index (χ3n) is 8.51. The molecule has 2 aliphatic heterocycles. The zero-order valence-electron chi connectivity index (χ0n) is 20.0. The van der Waals surface area contributed by atoms with E-state index in [-0.39, 0.29) is 0 Å². The van der Waals surface area contributed by atoms with Crippen molar-refractivity contribution < 1.29 is 43.5 Å². The van der Waals surface area contributed by atoms with E-state index in [0.717, 1.165) is 0 Å². The number of esters is 3. The summed E-state index contributed by atoms with van der Waals surface area (Å²) in [5, 5.41) is 22.9. The Labute approximate surface area is 203 Å². The van der Waals surface area contributed by atoms with Gasteiger partial charge in [0, 0.05) is 31.1 Å². The minimum atomic E-state index is -2.06. The maximum atomic E-state index is 12.6. The molecule has 0 spiro atoms. The molecule has 4 fully saturated rings. The Kier molecular flexibility index (Phi) is 6.33. The molecule has 0 aromatic rings. The molecule has 34 heavy (non-hydrogen) atoms. The van der Waals surface area contributed by atoms with Crippen LogP contribution in [-0.4, -0.2) is 75.7 Å². The maximum Gasteiger partial charge on any atom is 0.312 e. The molecule has 2 heterocycles. The van der Waals surface area contributed by atoms with Gasteiger partial charge in [0.05, 0.1) is 23.5 Å². The van der Waals surface area contributed by atoms with E-state index in [4.69, 9.17) is 30.5 Å². The second-order valence-corrected chi connectivity index (χ2v) is 10.9. The molecule has 2 saturated carbocycles. The first-order chi connectivity index (χ1) is 15.8. The first kappa shape index (κ1) is 25.4. The highest BCUT2D eigenvalue weighted by Gasteiger charge is 2.74. The summed E-state index contributed by atoms with van der Waals surface area (Å²) in [7, 11) is 0. The van der Waals surface area contributed by atoms with Gasteiger partial charge in [0.25, 0.3) is 0 Å². The molecule has 190 valence electrons. The van der Waals surface area contributed by atoms with Crippen LogP contribution >= 0.6 is 11.6 Å². The van der Waals surface area contributed by atoms with Gasteiger partial charge >= 0.3 is 17.9 Å². The number of carbonyl (C=O) groups excluding carboxylic acids is 3. The first-order valence-corrected chi connectivity index (χ1v) is 12.1. The second-order valence-electron chi connectivity index (χ2n) is 10.5. The zero-order valence-corrected chi connectivity index (χ0v) is 20.8. The molecule has 9 nitrogen and oxygen atoms in total. The fourth-order valence-corrected chi connectivity index (χ4v) is 7.02. The van der Waals surface area contributed by atoms with Crippen molar-refractivity contribution in [2.75, 3.05) is 0 Å². The molecule has 0 aromatic heterocycles. The predicted octanol–water partition coefficient (Wildman–Crippen LogP) is 1.50. The van der Waals surface area contributed by atoms with Crippen molar-refractivity contribution in [1.29, 1.82) is 0 Å². The van der Waals surface area contributed by atoms with E-state index >= 15 is 0 Å². The molecule has 2 aliphatic carbocycles. The third-order valence-corrected chi connectivity index (χ3v) is 9.05. The van der Waals surface area contributed by atoms with E-state index < -0.39 is 88.7 Å². The van der Waals surface area contributed by atoms with E-state index in [2.05, 4.69) is 6.58 Å². The maximum absolute atomic E-state index is 12.6. The SMILES string of the molecule is C=C1CCC(OC(C)=O)C2(C)C3OC3C(OC(C)=O)C(C)C2C(O)C2(O)C(C)C(=O)OC2C1Cl. The normalized spacial score (nSPS) is 50.2. The standard InChI is InChI=1S/C24H33ClO9/c1-9-7-8-14(31-12(4)26)23(6)15(10(2)17(32-13(5)27)18-21(23)33-18)19(28)24(30)11(3)22(29)34-20(24)16(9)25/h10-11,14-21,28,30H,1,7-8H2,2-6H3. The number of hydrogen-bond donors (Lipinski definition) is 2. The van der Waals surface area contributed by atoms with Gasteiger partial charge in [0.1, 0.15) is 23.9 Å². The molecular weight excluding hydrogens is 468 g/mol. The second kappa shape index (κ2) is 8.47. The summed E-state index contributed by atoms with van der Waals surface area (Å²) >= 11 is 6.64. The van der Waals surface area contributed by atoms with Crippen LogP contribution in [0.15, 0.2) is 12.2 Å². The van der Waals surface area contributed by atoms with Gasteiger partial charge in [-0.1, -0.05) is 26.0 Å². The largest absolute Gasteiger partial charge is 0.462 e. The molecule has 0 radical (unpaired) electrons. The third kappa shape index (κ3) is 3.58. The molecule has 12 atom stereocenters. The quantitative estimate of drug-likeness (QED) is 0.190. The minimum Gasteiger partial charge on any atom is -0.462 e. The Morgan fingerprint density at radius 1 is 1.18 bits per heavy atom. The Bertz CT molecular complexity index is 907. The zero-order chi connectivity index (χ0) is 25.3. The van der Waals surface area contributed by atoms with Gasteiger partial charge in [-0.2, -0.15) is 0 Å². The fraction of sp³-hybridized carbons (Fsp3) is 0.792. The van der Waals surface area contributed by atoms with Crippen molar-refractivity contribution >= 4 is 29.5 Å². The number of hydrogen-bond acceptors (Lipinski definition) is 9. The van der Waals surface area contributed by atoms with Gasteiger partial charge in [-0.05, 0) is 19.8 Å². The molecule has 10 heteroatoms. The summed E-state index contributed by atoms with van der Waals surface area (Å²) in [4.78, 5) is 36.6. The monoisotopic (exact) mass is 500 g/mol. The van der Waals surface area contributed by atoms with Crippen molar-refractivity contribution in [2.45, 2.75) is 95.1 Å². The smallest absolute Gasteiger partial charge is 0.312 e. The fourth-order valence-electron chi connectivity index (χ4n) is 6.65. The average Bonchev–Trinajstić information content (AvgIpc) is 3.52. The molecular formula is C24H33ClO9. The van der Waals surface area contributed by atoms with Gasteiger partial charge in [0.15, 0.2) is 6.10 Å². The summed E-state index contributed by atoms with van der Waals surface area (Å²) in [6.45, 7) is 11.8. The van der Waals surface area contributed by atoms with Gasteiger partial charge in [-0.3, -0.25) is 14.4 Å². The van der Waals surface area contributed by atoms with Gasteiger partial charge in [-0.25, -0.2) is 0 Å². The number of carbonyl (C=O) groups is 3. The van der Waals surface area contributed by atoms with Gasteiger partial charge in [0.2, 0.25) is 0 Å². The van der Waals surface area contributed by atoms with Gasteiger partial charge in [-0.15, -0.1) is 11.6 Å².